The van der Waals surface area contributed by atoms with E-state index < -0.39 is 10.8 Å². The van der Waals surface area contributed by atoms with Crippen LogP contribution in [0.3, 0.4) is 0 Å². The summed E-state index contributed by atoms with van der Waals surface area (Å²) in [5, 5.41) is 13.9. The molecule has 2 saturated carbocycles. The molecule has 2 aliphatic carbocycles. The second-order valence-electron chi connectivity index (χ2n) is 9.92. The van der Waals surface area contributed by atoms with Crippen molar-refractivity contribution < 1.29 is 14.1 Å². The second-order valence-corrected chi connectivity index (χ2v) is 11.7. The van der Waals surface area contributed by atoms with Gasteiger partial charge >= 0.3 is 0 Å². The van der Waals surface area contributed by atoms with Gasteiger partial charge in [0.15, 0.2) is 11.8 Å². The van der Waals surface area contributed by atoms with Gasteiger partial charge in [0.25, 0.3) is 0 Å². The first kappa shape index (κ1) is 21.5. The van der Waals surface area contributed by atoms with Crippen LogP contribution in [0.4, 0.5) is 11.8 Å². The number of hydrogen-bond acceptors (Lipinski definition) is 9. The SMILES string of the molecule is O=[S@@]1COc2nc(N3CC4(CCC(c5ncc(Cl)cn5)CC4)C3)nc(NC3(CO)CCC3)c21. The van der Waals surface area contributed by atoms with Crippen molar-refractivity contribution in [2.75, 3.05) is 35.9 Å². The molecular formula is C22H27ClN6O3S. The fraction of sp³-hybridized carbons (Fsp3) is 0.636. The minimum Gasteiger partial charge on any atom is -0.463 e. The Balaban J connectivity index is 1.16. The van der Waals surface area contributed by atoms with Crippen LogP contribution in [0.15, 0.2) is 17.3 Å². The van der Waals surface area contributed by atoms with E-state index in [1.807, 2.05) is 0 Å². The zero-order chi connectivity index (χ0) is 22.6. The summed E-state index contributed by atoms with van der Waals surface area (Å²) in [6, 6.07) is 0. The van der Waals surface area contributed by atoms with Crippen LogP contribution < -0.4 is 15.0 Å². The smallest absolute Gasteiger partial charge is 0.238 e. The molecule has 0 unspecified atom stereocenters. The number of nitrogens with one attached hydrogen (secondary N) is 1. The van der Waals surface area contributed by atoms with Crippen molar-refractivity contribution in [1.29, 1.82) is 0 Å². The molecular weight excluding hydrogens is 464 g/mol. The molecule has 0 aromatic carbocycles. The van der Waals surface area contributed by atoms with Crippen molar-refractivity contribution in [1.82, 2.24) is 19.9 Å². The fourth-order valence-corrected chi connectivity index (χ4v) is 6.58. The molecule has 0 radical (unpaired) electrons. The van der Waals surface area contributed by atoms with E-state index in [1.54, 1.807) is 12.4 Å². The van der Waals surface area contributed by atoms with Gasteiger partial charge in [0.1, 0.15) is 21.5 Å². The number of aromatic nitrogens is 4. The molecule has 0 bridgehead atoms. The first-order valence-electron chi connectivity index (χ1n) is 11.5. The third-order valence-electron chi connectivity index (χ3n) is 7.74. The second kappa shape index (κ2) is 8.02. The quantitative estimate of drug-likeness (QED) is 0.652. The van der Waals surface area contributed by atoms with Crippen LogP contribution in [-0.2, 0) is 10.8 Å². The predicted octanol–water partition coefficient (Wildman–Crippen LogP) is 2.87. The molecule has 33 heavy (non-hydrogen) atoms. The zero-order valence-corrected chi connectivity index (χ0v) is 19.9. The molecule has 2 aromatic rings. The fourth-order valence-electron chi connectivity index (χ4n) is 5.54. The molecule has 2 aromatic heterocycles. The van der Waals surface area contributed by atoms with Crippen LogP contribution in [0.1, 0.15) is 56.7 Å². The van der Waals surface area contributed by atoms with E-state index in [4.69, 9.17) is 21.3 Å². The summed E-state index contributed by atoms with van der Waals surface area (Å²) in [6.07, 6.45) is 10.5. The van der Waals surface area contributed by atoms with Gasteiger partial charge in [-0.25, -0.2) is 9.97 Å². The van der Waals surface area contributed by atoms with Crippen LogP contribution in [0.5, 0.6) is 5.88 Å². The van der Waals surface area contributed by atoms with Crippen molar-refractivity contribution in [2.24, 2.45) is 5.41 Å². The Morgan fingerprint density at radius 2 is 1.91 bits per heavy atom. The highest BCUT2D eigenvalue weighted by Crippen LogP contribution is 2.49. The molecule has 3 fully saturated rings. The number of ether oxygens (including phenoxy) is 1. The van der Waals surface area contributed by atoms with Gasteiger partial charge in [0.05, 0.1) is 17.2 Å². The molecule has 11 heteroatoms. The number of nitrogens with zero attached hydrogens (tertiary/aromatic N) is 5. The Hall–Kier alpha value is -2.04. The zero-order valence-electron chi connectivity index (χ0n) is 18.3. The van der Waals surface area contributed by atoms with E-state index in [0.29, 0.717) is 33.5 Å². The maximum Gasteiger partial charge on any atom is 0.238 e. The minimum absolute atomic E-state index is 0.0277. The van der Waals surface area contributed by atoms with E-state index in [9.17, 15) is 9.32 Å². The highest BCUT2D eigenvalue weighted by Gasteiger charge is 2.47. The largest absolute Gasteiger partial charge is 0.463 e. The van der Waals surface area contributed by atoms with Gasteiger partial charge in [0, 0.05) is 36.8 Å². The third-order valence-corrected chi connectivity index (χ3v) is 9.09. The lowest BCUT2D eigenvalue weighted by Crippen LogP contribution is -2.58. The molecule has 9 nitrogen and oxygen atoms in total. The predicted molar refractivity (Wildman–Crippen MR) is 124 cm³/mol. The first-order valence-corrected chi connectivity index (χ1v) is 13.2. The summed E-state index contributed by atoms with van der Waals surface area (Å²) < 4.78 is 18.1. The summed E-state index contributed by atoms with van der Waals surface area (Å²) in [7, 11) is -1.29. The van der Waals surface area contributed by atoms with Gasteiger partial charge in [-0.3, -0.25) is 4.21 Å². The maximum atomic E-state index is 12.5. The molecule has 1 spiro atoms. The number of aliphatic hydroxyl groups excluding tert-OH is 1. The van der Waals surface area contributed by atoms with Crippen molar-refractivity contribution >= 4 is 34.2 Å². The van der Waals surface area contributed by atoms with E-state index >= 15 is 0 Å². The Morgan fingerprint density at radius 1 is 1.18 bits per heavy atom. The number of hydrogen-bond donors (Lipinski definition) is 2. The van der Waals surface area contributed by atoms with Crippen LogP contribution in [0.2, 0.25) is 5.02 Å². The average Bonchev–Trinajstić information content (AvgIpc) is 3.16. The van der Waals surface area contributed by atoms with E-state index in [1.165, 1.54) is 0 Å². The molecule has 176 valence electrons. The summed E-state index contributed by atoms with van der Waals surface area (Å²) in [6.45, 7) is 1.82. The highest BCUT2D eigenvalue weighted by atomic mass is 35.5. The van der Waals surface area contributed by atoms with Gasteiger partial charge in [-0.2, -0.15) is 9.97 Å². The van der Waals surface area contributed by atoms with E-state index in [0.717, 1.165) is 63.9 Å². The Bertz CT molecular complexity index is 1070. The lowest BCUT2D eigenvalue weighted by molar-refractivity contribution is 0.124. The Kier molecular flexibility index (Phi) is 5.23. The van der Waals surface area contributed by atoms with Crippen molar-refractivity contribution in [3.63, 3.8) is 0 Å². The number of rotatable bonds is 5. The monoisotopic (exact) mass is 490 g/mol. The average molecular weight is 491 g/mol. The van der Waals surface area contributed by atoms with Gasteiger partial charge in [-0.15, -0.1) is 0 Å². The van der Waals surface area contributed by atoms with Crippen LogP contribution in [0.25, 0.3) is 0 Å². The molecule has 2 N–H and O–H groups in total. The molecule has 1 saturated heterocycles. The topological polar surface area (TPSA) is 113 Å². The summed E-state index contributed by atoms with van der Waals surface area (Å²) in [4.78, 5) is 20.9. The molecule has 4 aliphatic rings. The Labute approximate surface area is 199 Å². The van der Waals surface area contributed by atoms with Crippen molar-refractivity contribution in [2.45, 2.75) is 61.3 Å². The molecule has 4 heterocycles. The first-order chi connectivity index (χ1) is 16.0. The minimum atomic E-state index is -1.29. The van der Waals surface area contributed by atoms with Crippen LogP contribution in [0, 0.1) is 5.41 Å². The van der Waals surface area contributed by atoms with Gasteiger partial charge in [0.2, 0.25) is 11.8 Å². The molecule has 2 aliphatic heterocycles. The van der Waals surface area contributed by atoms with Crippen LogP contribution >= 0.6 is 11.6 Å². The van der Waals surface area contributed by atoms with Crippen molar-refractivity contribution in [3.05, 3.63) is 23.2 Å². The molecule has 1 atom stereocenters. The number of aliphatic hydroxyl groups is 1. The molecule has 0 amide bonds. The lowest BCUT2D eigenvalue weighted by atomic mass is 9.66. The summed E-state index contributed by atoms with van der Waals surface area (Å²) >= 11 is 5.93. The Morgan fingerprint density at radius 3 is 2.55 bits per heavy atom. The van der Waals surface area contributed by atoms with Gasteiger partial charge in [-0.05, 0) is 44.9 Å². The van der Waals surface area contributed by atoms with Gasteiger partial charge in [-0.1, -0.05) is 11.6 Å². The molecule has 6 rings (SSSR count). The lowest BCUT2D eigenvalue weighted by Gasteiger charge is -2.53. The van der Waals surface area contributed by atoms with E-state index in [-0.39, 0.29) is 23.5 Å². The van der Waals surface area contributed by atoms with E-state index in [2.05, 4.69) is 25.2 Å². The standard InChI is InChI=1S/C22H27ClN6O3S/c23-15-8-24-17(25-9-15)14-2-6-21(7-3-14)10-29(11-21)20-26-18(28-22(12-30)4-1-5-22)16-19(27-20)32-13-33(16)31/h8-9,14,30H,1-7,10-13H2,(H,26,27,28)/t33-/m1/s1. The highest BCUT2D eigenvalue weighted by molar-refractivity contribution is 7.85. The summed E-state index contributed by atoms with van der Waals surface area (Å²) in [5.74, 6) is 2.93. The van der Waals surface area contributed by atoms with Crippen molar-refractivity contribution in [3.8, 4) is 5.88 Å². The number of halogens is 1. The normalized spacial score (nSPS) is 25.2. The summed E-state index contributed by atoms with van der Waals surface area (Å²) in [5.41, 5.74) is -0.118. The number of anilines is 2. The van der Waals surface area contributed by atoms with Gasteiger partial charge < -0.3 is 20.1 Å². The number of fused-ring (bicyclic) bond motifs is 1. The maximum absolute atomic E-state index is 12.5. The third kappa shape index (κ3) is 3.76. The van der Waals surface area contributed by atoms with Crippen LogP contribution in [-0.4, -0.2) is 60.4 Å².